The third-order valence-corrected chi connectivity index (χ3v) is 3.24. The first-order valence-electron chi connectivity index (χ1n) is 6.55. The predicted octanol–water partition coefficient (Wildman–Crippen LogP) is 1.78. The van der Waals surface area contributed by atoms with E-state index in [9.17, 15) is 0 Å². The fraction of sp³-hybridized carbons (Fsp3) is 0.357. The van der Waals surface area contributed by atoms with Crippen molar-refractivity contribution < 1.29 is 14.6 Å². The zero-order chi connectivity index (χ0) is 13.9. The van der Waals surface area contributed by atoms with Gasteiger partial charge in [0.25, 0.3) is 0 Å². The fourth-order valence-corrected chi connectivity index (χ4v) is 2.18. The zero-order valence-corrected chi connectivity index (χ0v) is 11.2. The number of ether oxygens (including phenoxy) is 2. The van der Waals surface area contributed by atoms with Gasteiger partial charge < -0.3 is 19.9 Å². The Morgan fingerprint density at radius 2 is 2.25 bits per heavy atom. The number of nitrogens with zero attached hydrogens (tertiary/aromatic N) is 2. The molecule has 1 unspecified atom stereocenters. The van der Waals surface area contributed by atoms with Crippen molar-refractivity contribution in [2.24, 2.45) is 0 Å². The molecular weight excluding hydrogens is 258 g/mol. The van der Waals surface area contributed by atoms with Gasteiger partial charge in [-0.05, 0) is 24.6 Å². The van der Waals surface area contributed by atoms with Gasteiger partial charge >= 0.3 is 0 Å². The van der Waals surface area contributed by atoms with E-state index in [0.29, 0.717) is 6.54 Å². The Morgan fingerprint density at radius 3 is 3.10 bits per heavy atom. The molecule has 6 nitrogen and oxygen atoms in total. The summed E-state index contributed by atoms with van der Waals surface area (Å²) in [5, 5.41) is 16.4. The first-order valence-corrected chi connectivity index (χ1v) is 6.55. The molecule has 1 aromatic heterocycles. The van der Waals surface area contributed by atoms with Gasteiger partial charge in [0.05, 0.1) is 25.0 Å². The number of nitrogens with one attached hydrogen (secondary N) is 1. The van der Waals surface area contributed by atoms with Gasteiger partial charge in [-0.1, -0.05) is 6.07 Å². The Bertz CT molecular complexity index is 597. The van der Waals surface area contributed by atoms with E-state index in [1.807, 2.05) is 24.4 Å². The highest BCUT2D eigenvalue weighted by atomic mass is 16.7. The summed E-state index contributed by atoms with van der Waals surface area (Å²) in [6, 6.07) is 6.04. The van der Waals surface area contributed by atoms with E-state index in [-0.39, 0.29) is 19.4 Å². The highest BCUT2D eigenvalue weighted by molar-refractivity contribution is 5.48. The lowest BCUT2D eigenvalue weighted by Gasteiger charge is -2.14. The number of aliphatic hydroxyl groups is 1. The fourth-order valence-electron chi connectivity index (χ4n) is 2.18. The SMILES string of the molecule is CC(Nc1cnn(CCO)c1)c1ccc2c(c1)OCO2. The summed E-state index contributed by atoms with van der Waals surface area (Å²) in [5.74, 6) is 1.57. The van der Waals surface area contributed by atoms with Gasteiger partial charge in [-0.2, -0.15) is 5.10 Å². The minimum atomic E-state index is 0.0822. The van der Waals surface area contributed by atoms with Gasteiger partial charge in [0.1, 0.15) is 0 Å². The first-order chi connectivity index (χ1) is 9.76. The molecule has 1 aromatic carbocycles. The molecule has 0 saturated carbocycles. The van der Waals surface area contributed by atoms with Crippen LogP contribution in [0.2, 0.25) is 0 Å². The minimum absolute atomic E-state index is 0.0822. The van der Waals surface area contributed by atoms with E-state index in [0.717, 1.165) is 22.7 Å². The van der Waals surface area contributed by atoms with Crippen molar-refractivity contribution in [3.05, 3.63) is 36.2 Å². The second-order valence-corrected chi connectivity index (χ2v) is 4.69. The minimum Gasteiger partial charge on any atom is -0.454 e. The summed E-state index contributed by atoms with van der Waals surface area (Å²) in [6.07, 6.45) is 3.62. The number of aliphatic hydroxyl groups excluding tert-OH is 1. The van der Waals surface area contributed by atoms with Gasteiger partial charge in [0, 0.05) is 12.2 Å². The zero-order valence-electron chi connectivity index (χ0n) is 11.2. The molecule has 0 fully saturated rings. The molecule has 106 valence electrons. The van der Waals surface area contributed by atoms with Crippen LogP contribution in [0, 0.1) is 0 Å². The maximum atomic E-state index is 8.87. The van der Waals surface area contributed by atoms with Crippen molar-refractivity contribution in [1.82, 2.24) is 9.78 Å². The number of fused-ring (bicyclic) bond motifs is 1. The third-order valence-electron chi connectivity index (χ3n) is 3.24. The summed E-state index contributed by atoms with van der Waals surface area (Å²) in [7, 11) is 0. The summed E-state index contributed by atoms with van der Waals surface area (Å²) in [4.78, 5) is 0. The lowest BCUT2D eigenvalue weighted by Crippen LogP contribution is -2.06. The molecule has 0 saturated heterocycles. The van der Waals surface area contributed by atoms with Crippen LogP contribution >= 0.6 is 0 Å². The monoisotopic (exact) mass is 275 g/mol. The molecule has 2 heterocycles. The largest absolute Gasteiger partial charge is 0.454 e. The van der Waals surface area contributed by atoms with Crippen LogP contribution in [0.25, 0.3) is 0 Å². The van der Waals surface area contributed by atoms with Crippen molar-refractivity contribution in [2.75, 3.05) is 18.7 Å². The Labute approximate surface area is 116 Å². The topological polar surface area (TPSA) is 68.5 Å². The van der Waals surface area contributed by atoms with Crippen molar-refractivity contribution in [1.29, 1.82) is 0 Å². The van der Waals surface area contributed by atoms with Gasteiger partial charge in [-0.25, -0.2) is 0 Å². The smallest absolute Gasteiger partial charge is 0.231 e. The number of anilines is 1. The van der Waals surface area contributed by atoms with Crippen LogP contribution in [0.1, 0.15) is 18.5 Å². The summed E-state index contributed by atoms with van der Waals surface area (Å²) in [6.45, 7) is 2.94. The molecule has 6 heteroatoms. The van der Waals surface area contributed by atoms with Gasteiger partial charge in [-0.15, -0.1) is 0 Å². The van der Waals surface area contributed by atoms with Crippen molar-refractivity contribution in [3.63, 3.8) is 0 Å². The van der Waals surface area contributed by atoms with Gasteiger partial charge in [0.15, 0.2) is 11.5 Å². The van der Waals surface area contributed by atoms with E-state index < -0.39 is 0 Å². The molecule has 3 rings (SSSR count). The Kier molecular flexibility index (Phi) is 3.47. The number of rotatable bonds is 5. The van der Waals surface area contributed by atoms with Crippen molar-refractivity contribution in [2.45, 2.75) is 19.5 Å². The number of aromatic nitrogens is 2. The summed E-state index contributed by atoms with van der Waals surface area (Å²) >= 11 is 0. The van der Waals surface area contributed by atoms with Gasteiger partial charge in [0.2, 0.25) is 6.79 Å². The van der Waals surface area contributed by atoms with Crippen LogP contribution in [0.3, 0.4) is 0 Å². The molecule has 0 aliphatic carbocycles. The maximum absolute atomic E-state index is 8.87. The lowest BCUT2D eigenvalue weighted by molar-refractivity contribution is 0.174. The molecule has 0 spiro atoms. The van der Waals surface area contributed by atoms with Crippen LogP contribution in [0.4, 0.5) is 5.69 Å². The third kappa shape index (κ3) is 2.55. The molecule has 20 heavy (non-hydrogen) atoms. The summed E-state index contributed by atoms with van der Waals surface area (Å²) < 4.78 is 12.4. The van der Waals surface area contributed by atoms with Crippen LogP contribution in [-0.4, -0.2) is 28.3 Å². The van der Waals surface area contributed by atoms with Crippen LogP contribution in [-0.2, 0) is 6.54 Å². The highest BCUT2D eigenvalue weighted by Gasteiger charge is 2.15. The Hall–Kier alpha value is -2.21. The molecular formula is C14H17N3O3. The molecule has 2 aromatic rings. The Balaban J connectivity index is 1.70. The highest BCUT2D eigenvalue weighted by Crippen LogP contribution is 2.34. The van der Waals surface area contributed by atoms with Crippen LogP contribution in [0.5, 0.6) is 11.5 Å². The van der Waals surface area contributed by atoms with Crippen LogP contribution in [0.15, 0.2) is 30.6 Å². The van der Waals surface area contributed by atoms with E-state index >= 15 is 0 Å². The molecule has 0 bridgehead atoms. The average Bonchev–Trinajstić information content (AvgIpc) is 3.07. The molecule has 0 amide bonds. The van der Waals surface area contributed by atoms with Crippen molar-refractivity contribution >= 4 is 5.69 Å². The molecule has 2 N–H and O–H groups in total. The van der Waals surface area contributed by atoms with E-state index in [1.54, 1.807) is 10.9 Å². The second-order valence-electron chi connectivity index (χ2n) is 4.69. The first kappa shape index (κ1) is 12.8. The standard InChI is InChI=1S/C14H17N3O3/c1-10(16-12-7-15-17(8-12)4-5-18)11-2-3-13-14(6-11)20-9-19-13/h2-3,6-8,10,16,18H,4-5,9H2,1H3. The van der Waals surface area contributed by atoms with Gasteiger partial charge in [-0.3, -0.25) is 4.68 Å². The molecule has 1 atom stereocenters. The number of hydrogen-bond donors (Lipinski definition) is 2. The summed E-state index contributed by atoms with van der Waals surface area (Å²) in [5.41, 5.74) is 2.03. The van der Waals surface area contributed by atoms with Crippen molar-refractivity contribution in [3.8, 4) is 11.5 Å². The average molecular weight is 275 g/mol. The van der Waals surface area contributed by atoms with E-state index in [2.05, 4.69) is 17.3 Å². The molecule has 1 aliphatic heterocycles. The molecule has 0 radical (unpaired) electrons. The molecule has 1 aliphatic rings. The second kappa shape index (κ2) is 5.42. The van der Waals surface area contributed by atoms with Crippen LogP contribution < -0.4 is 14.8 Å². The Morgan fingerprint density at radius 1 is 1.40 bits per heavy atom. The predicted molar refractivity (Wildman–Crippen MR) is 73.9 cm³/mol. The van der Waals surface area contributed by atoms with E-state index in [4.69, 9.17) is 14.6 Å². The lowest BCUT2D eigenvalue weighted by atomic mass is 10.1. The van der Waals surface area contributed by atoms with E-state index in [1.165, 1.54) is 0 Å². The quantitative estimate of drug-likeness (QED) is 0.870. The number of hydrogen-bond acceptors (Lipinski definition) is 5. The maximum Gasteiger partial charge on any atom is 0.231 e. The normalized spacial score (nSPS) is 14.3. The number of benzene rings is 1.